The Morgan fingerprint density at radius 3 is 2.96 bits per heavy atom. The molecule has 1 aliphatic heterocycles. The Morgan fingerprint density at radius 1 is 1.33 bits per heavy atom. The van der Waals surface area contributed by atoms with Crippen molar-refractivity contribution in [3.8, 4) is 11.3 Å². The normalized spacial score (nSPS) is 17.7. The van der Waals surface area contributed by atoms with Gasteiger partial charge in [-0.25, -0.2) is 4.79 Å². The molecule has 3 heterocycles. The predicted molar refractivity (Wildman–Crippen MR) is 95.3 cm³/mol. The fourth-order valence-electron chi connectivity index (χ4n) is 3.84. The molecule has 9 heteroatoms. The van der Waals surface area contributed by atoms with Gasteiger partial charge in [-0.3, -0.25) is 19.4 Å². The quantitative estimate of drug-likeness (QED) is 0.650. The number of rotatable bonds is 5. The summed E-state index contributed by atoms with van der Waals surface area (Å²) < 4.78 is 1.39. The molecule has 3 N–H and O–H groups in total. The summed E-state index contributed by atoms with van der Waals surface area (Å²) in [7, 11) is 0. The lowest BCUT2D eigenvalue weighted by molar-refractivity contribution is -0.124. The van der Waals surface area contributed by atoms with Crippen molar-refractivity contribution < 1.29 is 19.8 Å². The molecular formula is C18H21N5O4. The highest BCUT2D eigenvalue weighted by molar-refractivity contribution is 5.90. The zero-order valence-corrected chi connectivity index (χ0v) is 14.8. The summed E-state index contributed by atoms with van der Waals surface area (Å²) in [6.07, 6.45) is 3.93. The number of piperazine rings is 1. The fourth-order valence-corrected chi connectivity index (χ4v) is 3.84. The highest BCUT2D eigenvalue weighted by Crippen LogP contribution is 2.34. The van der Waals surface area contributed by atoms with Crippen LogP contribution < -0.4 is 5.32 Å². The number of hydrogen-bond donors (Lipinski definition) is 3. The van der Waals surface area contributed by atoms with E-state index >= 15 is 0 Å². The van der Waals surface area contributed by atoms with Gasteiger partial charge in [0.05, 0.1) is 24.9 Å². The minimum Gasteiger partial charge on any atom is -0.477 e. The number of nitrogens with zero attached hydrogens (tertiary/aromatic N) is 4. The molecule has 1 fully saturated rings. The number of aliphatic hydroxyl groups excluding tert-OH is 1. The van der Waals surface area contributed by atoms with Crippen LogP contribution in [0, 0.1) is 0 Å². The summed E-state index contributed by atoms with van der Waals surface area (Å²) >= 11 is 0. The van der Waals surface area contributed by atoms with Crippen LogP contribution in [0.5, 0.6) is 0 Å². The highest BCUT2D eigenvalue weighted by Gasteiger charge is 2.29. The first-order valence-corrected chi connectivity index (χ1v) is 8.96. The van der Waals surface area contributed by atoms with Gasteiger partial charge in [-0.2, -0.15) is 5.10 Å². The molecule has 1 atom stereocenters. The molecule has 0 saturated carbocycles. The molecule has 0 aromatic carbocycles. The number of pyridine rings is 1. The van der Waals surface area contributed by atoms with E-state index in [2.05, 4.69) is 15.4 Å². The number of amides is 1. The number of aromatic carboxylic acids is 1. The summed E-state index contributed by atoms with van der Waals surface area (Å²) in [6, 6.07) is 1.85. The van der Waals surface area contributed by atoms with E-state index in [1.54, 1.807) is 12.4 Å². The second-order valence-electron chi connectivity index (χ2n) is 6.93. The van der Waals surface area contributed by atoms with Crippen LogP contribution in [0.15, 0.2) is 18.5 Å². The van der Waals surface area contributed by atoms with Crippen molar-refractivity contribution in [1.82, 2.24) is 25.0 Å². The number of carboxylic acids is 1. The fraction of sp³-hybridized carbons (Fsp3) is 0.444. The topological polar surface area (TPSA) is 121 Å². The molecule has 142 valence electrons. The number of aromatic nitrogens is 3. The SMILES string of the molecule is O=C1CN(CC(O)Cn2nc3c(c2C(=O)O)CCc2cnccc2-3)CCN1. The lowest BCUT2D eigenvalue weighted by Crippen LogP contribution is -2.50. The van der Waals surface area contributed by atoms with E-state index in [0.29, 0.717) is 37.2 Å². The number of β-amino-alcohol motifs (C(OH)–C–C–N with tert-alkyl or cyclic N) is 1. The van der Waals surface area contributed by atoms with E-state index < -0.39 is 12.1 Å². The molecule has 0 radical (unpaired) electrons. The number of aryl methyl sites for hydroxylation is 1. The maximum atomic E-state index is 11.9. The number of carbonyl (C=O) groups is 2. The largest absolute Gasteiger partial charge is 0.477 e. The molecule has 2 aromatic rings. The zero-order valence-electron chi connectivity index (χ0n) is 14.8. The molecule has 4 rings (SSSR count). The third-order valence-electron chi connectivity index (χ3n) is 5.03. The average molecular weight is 371 g/mol. The van der Waals surface area contributed by atoms with Gasteiger partial charge in [-0.1, -0.05) is 0 Å². The maximum absolute atomic E-state index is 11.9. The van der Waals surface area contributed by atoms with Crippen molar-refractivity contribution in [3.63, 3.8) is 0 Å². The Kier molecular flexibility index (Phi) is 4.63. The second-order valence-corrected chi connectivity index (χ2v) is 6.93. The van der Waals surface area contributed by atoms with Crippen molar-refractivity contribution >= 4 is 11.9 Å². The van der Waals surface area contributed by atoms with Gasteiger partial charge in [0.15, 0.2) is 0 Å². The molecule has 1 saturated heterocycles. The average Bonchev–Trinajstić information content (AvgIpc) is 3.00. The Balaban J connectivity index is 1.59. The third-order valence-corrected chi connectivity index (χ3v) is 5.03. The summed E-state index contributed by atoms with van der Waals surface area (Å²) in [4.78, 5) is 29.3. The van der Waals surface area contributed by atoms with Gasteiger partial charge < -0.3 is 15.5 Å². The number of carboxylic acid groups (broad SMARTS) is 1. The van der Waals surface area contributed by atoms with Crippen LogP contribution >= 0.6 is 0 Å². The number of aliphatic hydroxyl groups is 1. The first-order chi connectivity index (χ1) is 13.0. The van der Waals surface area contributed by atoms with Crippen LogP contribution in [0.1, 0.15) is 21.6 Å². The lowest BCUT2D eigenvalue weighted by Gasteiger charge is -2.28. The maximum Gasteiger partial charge on any atom is 0.354 e. The molecule has 1 unspecified atom stereocenters. The molecule has 1 aliphatic carbocycles. The van der Waals surface area contributed by atoms with Crippen LogP contribution in [0.2, 0.25) is 0 Å². The molecular weight excluding hydrogens is 350 g/mol. The minimum absolute atomic E-state index is 0.0627. The van der Waals surface area contributed by atoms with Crippen molar-refractivity contribution in [1.29, 1.82) is 0 Å². The summed E-state index contributed by atoms with van der Waals surface area (Å²) in [6.45, 7) is 1.79. The molecule has 1 amide bonds. The van der Waals surface area contributed by atoms with E-state index in [9.17, 15) is 19.8 Å². The molecule has 2 aliphatic rings. The van der Waals surface area contributed by atoms with Gasteiger partial charge >= 0.3 is 5.97 Å². The van der Waals surface area contributed by atoms with Gasteiger partial charge in [0.25, 0.3) is 0 Å². The number of carbonyl (C=O) groups excluding carboxylic acids is 1. The molecule has 0 bridgehead atoms. The number of fused-ring (bicyclic) bond motifs is 3. The van der Waals surface area contributed by atoms with Crippen LogP contribution in [0.25, 0.3) is 11.3 Å². The standard InChI is InChI=1S/C18H21N5O4/c24-12(8-22-6-5-20-15(25)10-22)9-23-17(18(26)27)14-2-1-11-7-19-4-3-13(11)16(14)21-23/h3-4,7,12,24H,1-2,5-6,8-10H2,(H,20,25)(H,26,27). The van der Waals surface area contributed by atoms with Gasteiger partial charge in [0, 0.05) is 43.2 Å². The smallest absolute Gasteiger partial charge is 0.354 e. The third kappa shape index (κ3) is 3.43. The summed E-state index contributed by atoms with van der Waals surface area (Å²) in [5.41, 5.74) is 3.43. The lowest BCUT2D eigenvalue weighted by atomic mass is 9.90. The van der Waals surface area contributed by atoms with Crippen LogP contribution in [-0.4, -0.2) is 74.0 Å². The molecule has 9 nitrogen and oxygen atoms in total. The Bertz CT molecular complexity index is 894. The predicted octanol–water partition coefficient (Wildman–Crippen LogP) is -0.465. The van der Waals surface area contributed by atoms with Gasteiger partial charge in [0.2, 0.25) is 5.91 Å². The van der Waals surface area contributed by atoms with Crippen LogP contribution in [0.3, 0.4) is 0 Å². The highest BCUT2D eigenvalue weighted by atomic mass is 16.4. The summed E-state index contributed by atoms with van der Waals surface area (Å²) in [5.74, 6) is -1.12. The van der Waals surface area contributed by atoms with Crippen LogP contribution in [-0.2, 0) is 24.2 Å². The minimum atomic E-state index is -1.05. The van der Waals surface area contributed by atoms with Crippen molar-refractivity contribution in [2.24, 2.45) is 0 Å². The first-order valence-electron chi connectivity index (χ1n) is 8.96. The van der Waals surface area contributed by atoms with Crippen LogP contribution in [0.4, 0.5) is 0 Å². The van der Waals surface area contributed by atoms with Crippen molar-refractivity contribution in [3.05, 3.63) is 35.3 Å². The van der Waals surface area contributed by atoms with Gasteiger partial charge in [-0.15, -0.1) is 0 Å². The molecule has 2 aromatic heterocycles. The second kappa shape index (κ2) is 7.09. The monoisotopic (exact) mass is 371 g/mol. The Hall–Kier alpha value is -2.78. The Morgan fingerprint density at radius 2 is 2.19 bits per heavy atom. The first kappa shape index (κ1) is 17.6. The van der Waals surface area contributed by atoms with E-state index in [0.717, 1.165) is 11.1 Å². The number of nitrogens with one attached hydrogen (secondary N) is 1. The van der Waals surface area contributed by atoms with E-state index in [-0.39, 0.29) is 31.2 Å². The van der Waals surface area contributed by atoms with Gasteiger partial charge in [0.1, 0.15) is 5.69 Å². The van der Waals surface area contributed by atoms with Gasteiger partial charge in [-0.05, 0) is 24.5 Å². The zero-order chi connectivity index (χ0) is 19.0. The molecule has 0 spiro atoms. The van der Waals surface area contributed by atoms with E-state index in [4.69, 9.17) is 0 Å². The van der Waals surface area contributed by atoms with E-state index in [1.807, 2.05) is 11.0 Å². The van der Waals surface area contributed by atoms with E-state index in [1.165, 1.54) is 4.68 Å². The number of hydrogen-bond acceptors (Lipinski definition) is 6. The van der Waals surface area contributed by atoms with Crippen molar-refractivity contribution in [2.75, 3.05) is 26.2 Å². The summed E-state index contributed by atoms with van der Waals surface area (Å²) in [5, 5.41) is 27.4. The Labute approximate surface area is 155 Å². The van der Waals surface area contributed by atoms with Crippen molar-refractivity contribution in [2.45, 2.75) is 25.5 Å². The molecule has 27 heavy (non-hydrogen) atoms.